The maximum atomic E-state index is 10.8. The van der Waals surface area contributed by atoms with Crippen LogP contribution in [0.4, 0.5) is 0 Å². The third kappa shape index (κ3) is 1.39. The molecule has 14 heavy (non-hydrogen) atoms. The van der Waals surface area contributed by atoms with Gasteiger partial charge in [-0.25, -0.2) is 0 Å². The first-order chi connectivity index (χ1) is 6.74. The maximum absolute atomic E-state index is 10.8. The van der Waals surface area contributed by atoms with E-state index in [4.69, 9.17) is 23.2 Å². The van der Waals surface area contributed by atoms with Crippen molar-refractivity contribution in [2.75, 3.05) is 0 Å². The summed E-state index contributed by atoms with van der Waals surface area (Å²) in [6.07, 6.45) is 0.782. The Labute approximate surface area is 91.2 Å². The highest BCUT2D eigenvalue weighted by atomic mass is 35.5. The molecule has 2 aromatic carbocycles. The lowest BCUT2D eigenvalue weighted by molar-refractivity contribution is 0.112. The summed E-state index contributed by atoms with van der Waals surface area (Å²) in [6.45, 7) is 0. The number of hydrogen-bond acceptors (Lipinski definition) is 1. The van der Waals surface area contributed by atoms with Crippen LogP contribution in [0.25, 0.3) is 10.8 Å². The van der Waals surface area contributed by atoms with E-state index in [0.717, 1.165) is 17.1 Å². The van der Waals surface area contributed by atoms with Crippen LogP contribution < -0.4 is 0 Å². The van der Waals surface area contributed by atoms with Crippen LogP contribution in [-0.4, -0.2) is 6.29 Å². The Morgan fingerprint density at radius 2 is 1.71 bits per heavy atom. The first kappa shape index (κ1) is 9.50. The number of hydrogen-bond donors (Lipinski definition) is 0. The summed E-state index contributed by atoms with van der Waals surface area (Å²) in [5.74, 6) is 0. The molecule has 0 aromatic heterocycles. The molecule has 0 unspecified atom stereocenters. The van der Waals surface area contributed by atoms with Crippen molar-refractivity contribution in [3.8, 4) is 0 Å². The van der Waals surface area contributed by atoms with Crippen LogP contribution in [0.1, 0.15) is 10.4 Å². The number of halogens is 2. The van der Waals surface area contributed by atoms with Crippen LogP contribution in [0.15, 0.2) is 30.3 Å². The third-order valence-electron chi connectivity index (χ3n) is 2.10. The Balaban J connectivity index is 2.99. The lowest BCUT2D eigenvalue weighted by Crippen LogP contribution is -1.84. The van der Waals surface area contributed by atoms with Gasteiger partial charge in [-0.15, -0.1) is 0 Å². The molecule has 0 atom stereocenters. The van der Waals surface area contributed by atoms with Gasteiger partial charge in [-0.2, -0.15) is 0 Å². The number of carbonyl (C=O) groups excluding carboxylic acids is 1. The number of aldehydes is 1. The zero-order chi connectivity index (χ0) is 10.1. The highest BCUT2D eigenvalue weighted by Crippen LogP contribution is 2.31. The van der Waals surface area contributed by atoms with Gasteiger partial charge in [-0.1, -0.05) is 41.4 Å². The van der Waals surface area contributed by atoms with Crippen molar-refractivity contribution in [3.05, 3.63) is 45.9 Å². The van der Waals surface area contributed by atoms with Gasteiger partial charge in [-0.05, 0) is 12.1 Å². The molecule has 0 saturated heterocycles. The molecule has 2 aromatic rings. The second-order valence-electron chi connectivity index (χ2n) is 2.92. The van der Waals surface area contributed by atoms with Crippen molar-refractivity contribution < 1.29 is 4.79 Å². The fourth-order valence-electron chi connectivity index (χ4n) is 1.45. The molecule has 0 aliphatic carbocycles. The van der Waals surface area contributed by atoms with E-state index >= 15 is 0 Å². The lowest BCUT2D eigenvalue weighted by Gasteiger charge is -2.04. The number of rotatable bonds is 1. The second kappa shape index (κ2) is 3.60. The summed E-state index contributed by atoms with van der Waals surface area (Å²) in [4.78, 5) is 10.8. The van der Waals surface area contributed by atoms with Gasteiger partial charge in [0.05, 0.1) is 0 Å². The van der Waals surface area contributed by atoms with E-state index in [9.17, 15) is 4.79 Å². The smallest absolute Gasteiger partial charge is 0.150 e. The van der Waals surface area contributed by atoms with E-state index in [1.807, 2.05) is 6.07 Å². The molecule has 3 heteroatoms. The first-order valence-electron chi connectivity index (χ1n) is 4.06. The predicted octanol–water partition coefficient (Wildman–Crippen LogP) is 3.96. The molecule has 0 aliphatic rings. The first-order valence-corrected chi connectivity index (χ1v) is 4.81. The highest BCUT2D eigenvalue weighted by molar-refractivity contribution is 6.41. The van der Waals surface area contributed by atoms with Crippen LogP contribution in [-0.2, 0) is 0 Å². The Morgan fingerprint density at radius 1 is 1.00 bits per heavy atom. The molecule has 2 rings (SSSR count). The summed E-state index contributed by atoms with van der Waals surface area (Å²) >= 11 is 12.0. The average Bonchev–Trinajstić information content (AvgIpc) is 2.23. The summed E-state index contributed by atoms with van der Waals surface area (Å²) < 4.78 is 0. The molecule has 0 bridgehead atoms. The van der Waals surface area contributed by atoms with Gasteiger partial charge in [0, 0.05) is 26.4 Å². The normalized spacial score (nSPS) is 10.4. The van der Waals surface area contributed by atoms with E-state index in [1.54, 1.807) is 24.3 Å². The molecule has 0 aliphatic heterocycles. The minimum Gasteiger partial charge on any atom is -0.298 e. The van der Waals surface area contributed by atoms with Gasteiger partial charge in [-0.3, -0.25) is 4.79 Å². The third-order valence-corrected chi connectivity index (χ3v) is 2.74. The van der Waals surface area contributed by atoms with Crippen LogP contribution in [0, 0.1) is 0 Å². The fourth-order valence-corrected chi connectivity index (χ4v) is 1.95. The van der Waals surface area contributed by atoms with Crippen molar-refractivity contribution in [1.82, 2.24) is 0 Å². The van der Waals surface area contributed by atoms with E-state index in [1.165, 1.54) is 0 Å². The van der Waals surface area contributed by atoms with Crippen LogP contribution in [0.3, 0.4) is 0 Å². The Bertz CT molecular complexity index is 506. The van der Waals surface area contributed by atoms with E-state index in [2.05, 4.69) is 0 Å². The van der Waals surface area contributed by atoms with Gasteiger partial charge < -0.3 is 0 Å². The van der Waals surface area contributed by atoms with E-state index < -0.39 is 0 Å². The van der Waals surface area contributed by atoms with Crippen molar-refractivity contribution >= 4 is 40.3 Å². The van der Waals surface area contributed by atoms with Gasteiger partial charge in [0.2, 0.25) is 0 Å². The monoisotopic (exact) mass is 224 g/mol. The van der Waals surface area contributed by atoms with Gasteiger partial charge >= 0.3 is 0 Å². The molecule has 70 valence electrons. The maximum Gasteiger partial charge on any atom is 0.150 e. The lowest BCUT2D eigenvalue weighted by atomic mass is 10.1. The van der Waals surface area contributed by atoms with Crippen LogP contribution in [0.5, 0.6) is 0 Å². The average molecular weight is 225 g/mol. The fraction of sp³-hybridized carbons (Fsp3) is 0. The topological polar surface area (TPSA) is 17.1 Å². The minimum absolute atomic E-state index is 0.548. The van der Waals surface area contributed by atoms with Gasteiger partial charge in [0.1, 0.15) is 0 Å². The molecule has 1 nitrogen and oxygen atoms in total. The molecule has 0 fully saturated rings. The largest absolute Gasteiger partial charge is 0.298 e. The Kier molecular flexibility index (Phi) is 2.44. The summed E-state index contributed by atoms with van der Waals surface area (Å²) in [5, 5.41) is 2.68. The predicted molar refractivity (Wildman–Crippen MR) is 59.4 cm³/mol. The highest BCUT2D eigenvalue weighted by Gasteiger charge is 2.06. The molecule has 0 spiro atoms. The van der Waals surface area contributed by atoms with Crippen molar-refractivity contribution in [2.24, 2.45) is 0 Å². The van der Waals surface area contributed by atoms with Crippen molar-refractivity contribution in [3.63, 3.8) is 0 Å². The van der Waals surface area contributed by atoms with E-state index in [0.29, 0.717) is 15.6 Å². The molecule has 0 heterocycles. The number of fused-ring (bicyclic) bond motifs is 1. The van der Waals surface area contributed by atoms with Crippen molar-refractivity contribution in [2.45, 2.75) is 0 Å². The molecular formula is C11H6Cl2O. The second-order valence-corrected chi connectivity index (χ2v) is 3.73. The van der Waals surface area contributed by atoms with E-state index in [-0.39, 0.29) is 0 Å². The summed E-state index contributed by atoms with van der Waals surface area (Å²) in [7, 11) is 0. The zero-order valence-corrected chi connectivity index (χ0v) is 8.64. The van der Waals surface area contributed by atoms with Crippen molar-refractivity contribution in [1.29, 1.82) is 0 Å². The Hall–Kier alpha value is -1.05. The minimum atomic E-state index is 0.548. The standard InChI is InChI=1S/C11H6Cl2O/c12-9-4-5-10(13)11-7(6-14)2-1-3-8(9)11/h1-6H. The molecule has 0 radical (unpaired) electrons. The van der Waals surface area contributed by atoms with Gasteiger partial charge in [0.15, 0.2) is 6.29 Å². The summed E-state index contributed by atoms with van der Waals surface area (Å²) in [6, 6.07) is 8.77. The number of carbonyl (C=O) groups is 1. The molecule has 0 amide bonds. The molecule has 0 N–H and O–H groups in total. The zero-order valence-electron chi connectivity index (χ0n) is 7.13. The SMILES string of the molecule is O=Cc1cccc2c(Cl)ccc(Cl)c12. The van der Waals surface area contributed by atoms with Crippen LogP contribution >= 0.6 is 23.2 Å². The van der Waals surface area contributed by atoms with Crippen LogP contribution in [0.2, 0.25) is 10.0 Å². The molecule has 0 saturated carbocycles. The number of benzene rings is 2. The molecular weight excluding hydrogens is 219 g/mol. The van der Waals surface area contributed by atoms with Gasteiger partial charge in [0.25, 0.3) is 0 Å². The summed E-state index contributed by atoms with van der Waals surface area (Å²) in [5.41, 5.74) is 0.565. The quantitative estimate of drug-likeness (QED) is 0.671. The Morgan fingerprint density at radius 3 is 2.43 bits per heavy atom.